The lowest BCUT2D eigenvalue weighted by atomic mass is 10.1. The Morgan fingerprint density at radius 3 is 2.37 bits per heavy atom. The fraction of sp³-hybridized carbons (Fsp3) is 0.296. The highest BCUT2D eigenvalue weighted by Gasteiger charge is 2.28. The summed E-state index contributed by atoms with van der Waals surface area (Å²) in [4.78, 5) is 15.5. The summed E-state index contributed by atoms with van der Waals surface area (Å²) in [6.07, 6.45) is 2.48. The molecule has 0 spiro atoms. The van der Waals surface area contributed by atoms with Crippen molar-refractivity contribution in [2.45, 2.75) is 37.8 Å². The van der Waals surface area contributed by atoms with E-state index in [0.717, 1.165) is 35.1 Å². The van der Waals surface area contributed by atoms with E-state index in [1.165, 1.54) is 42.7 Å². The van der Waals surface area contributed by atoms with Crippen LogP contribution < -0.4 is 9.62 Å². The zero-order chi connectivity index (χ0) is 24.8. The van der Waals surface area contributed by atoms with E-state index in [0.29, 0.717) is 17.3 Å². The lowest BCUT2D eigenvalue weighted by Gasteiger charge is -2.25. The van der Waals surface area contributed by atoms with Gasteiger partial charge in [-0.05, 0) is 79.9 Å². The lowest BCUT2D eigenvalue weighted by molar-refractivity contribution is -0.119. The number of carbonyl (C=O) groups is 1. The van der Waals surface area contributed by atoms with Gasteiger partial charge in [-0.1, -0.05) is 54.1 Å². The van der Waals surface area contributed by atoms with Crippen molar-refractivity contribution in [3.8, 4) is 0 Å². The Morgan fingerprint density at radius 2 is 1.66 bits per heavy atom. The van der Waals surface area contributed by atoms with Crippen LogP contribution in [-0.4, -0.2) is 38.9 Å². The first-order chi connectivity index (χ1) is 16.8. The molecule has 184 valence electrons. The van der Waals surface area contributed by atoms with E-state index in [1.54, 1.807) is 12.1 Å². The third-order valence-electron chi connectivity index (χ3n) is 6.16. The fourth-order valence-corrected chi connectivity index (χ4v) is 5.91. The van der Waals surface area contributed by atoms with Gasteiger partial charge in [-0.2, -0.15) is 0 Å². The minimum atomic E-state index is -3.98. The van der Waals surface area contributed by atoms with Gasteiger partial charge in [-0.15, -0.1) is 0 Å². The van der Waals surface area contributed by atoms with E-state index in [9.17, 15) is 13.2 Å². The fourth-order valence-electron chi connectivity index (χ4n) is 4.30. The molecule has 0 aromatic heterocycles. The van der Waals surface area contributed by atoms with Crippen LogP contribution in [0.25, 0.3) is 0 Å². The maximum absolute atomic E-state index is 13.5. The van der Waals surface area contributed by atoms with Crippen molar-refractivity contribution < 1.29 is 13.2 Å². The Labute approximate surface area is 212 Å². The Hall–Kier alpha value is -2.87. The number of para-hydroxylation sites is 1. The Kier molecular flexibility index (Phi) is 8.11. The van der Waals surface area contributed by atoms with Gasteiger partial charge in [-0.25, -0.2) is 8.42 Å². The van der Waals surface area contributed by atoms with Gasteiger partial charge in [0.25, 0.3) is 10.0 Å². The monoisotopic (exact) mass is 511 g/mol. The summed E-state index contributed by atoms with van der Waals surface area (Å²) in [7, 11) is -3.98. The van der Waals surface area contributed by atoms with Gasteiger partial charge in [0.2, 0.25) is 5.91 Å². The first kappa shape index (κ1) is 25.2. The van der Waals surface area contributed by atoms with Crippen molar-refractivity contribution in [3.63, 3.8) is 0 Å². The molecule has 35 heavy (non-hydrogen) atoms. The molecule has 4 rings (SSSR count). The predicted molar refractivity (Wildman–Crippen MR) is 140 cm³/mol. The lowest BCUT2D eigenvalue weighted by Crippen LogP contribution is -2.41. The molecule has 3 aromatic rings. The molecule has 0 radical (unpaired) electrons. The van der Waals surface area contributed by atoms with E-state index in [4.69, 9.17) is 11.6 Å². The third-order valence-corrected chi connectivity index (χ3v) is 8.18. The second-order valence-electron chi connectivity index (χ2n) is 8.83. The van der Waals surface area contributed by atoms with E-state index < -0.39 is 10.0 Å². The van der Waals surface area contributed by atoms with Crippen molar-refractivity contribution in [3.05, 3.63) is 94.5 Å². The molecule has 6 nitrogen and oxygen atoms in total. The SMILES string of the molecule is Cc1ccccc1N(CC(=O)NCc1cccc(CN2CCCC2)c1)S(=O)(=O)c1ccc(Cl)cc1. The molecular formula is C27H30ClN3O3S. The molecule has 0 bridgehead atoms. The number of likely N-dealkylation sites (tertiary alicyclic amines) is 1. The quantitative estimate of drug-likeness (QED) is 0.450. The maximum atomic E-state index is 13.5. The average molecular weight is 512 g/mol. The Morgan fingerprint density at radius 1 is 0.971 bits per heavy atom. The van der Waals surface area contributed by atoms with Crippen molar-refractivity contribution in [2.24, 2.45) is 0 Å². The summed E-state index contributed by atoms with van der Waals surface area (Å²) in [5.74, 6) is -0.379. The molecule has 0 atom stereocenters. The van der Waals surface area contributed by atoms with Crippen molar-refractivity contribution in [1.82, 2.24) is 10.2 Å². The van der Waals surface area contributed by atoms with E-state index >= 15 is 0 Å². The number of hydrogen-bond donors (Lipinski definition) is 1. The van der Waals surface area contributed by atoms with Gasteiger partial charge in [0.05, 0.1) is 10.6 Å². The summed E-state index contributed by atoms with van der Waals surface area (Å²) in [6.45, 7) is 4.97. The molecule has 0 aliphatic carbocycles. The third kappa shape index (κ3) is 6.42. The smallest absolute Gasteiger partial charge is 0.264 e. The summed E-state index contributed by atoms with van der Waals surface area (Å²) in [6, 6.07) is 21.2. The van der Waals surface area contributed by atoms with Crippen LogP contribution in [-0.2, 0) is 27.9 Å². The van der Waals surface area contributed by atoms with Gasteiger partial charge < -0.3 is 5.32 Å². The molecule has 8 heteroatoms. The number of amides is 1. The number of rotatable bonds is 9. The molecule has 1 heterocycles. The number of benzene rings is 3. The number of halogens is 1. The van der Waals surface area contributed by atoms with Gasteiger partial charge in [0, 0.05) is 18.1 Å². The minimum Gasteiger partial charge on any atom is -0.350 e. The molecule has 1 amide bonds. The molecular weight excluding hydrogens is 482 g/mol. The molecule has 1 saturated heterocycles. The first-order valence-electron chi connectivity index (χ1n) is 11.7. The normalized spacial score (nSPS) is 14.1. The van der Waals surface area contributed by atoms with Gasteiger partial charge in [-0.3, -0.25) is 14.0 Å². The van der Waals surface area contributed by atoms with E-state index in [1.807, 2.05) is 31.2 Å². The number of aryl methyl sites for hydroxylation is 1. The van der Waals surface area contributed by atoms with Crippen LogP contribution in [0.3, 0.4) is 0 Å². The van der Waals surface area contributed by atoms with E-state index in [-0.39, 0.29) is 17.3 Å². The molecule has 1 aliphatic heterocycles. The largest absolute Gasteiger partial charge is 0.350 e. The van der Waals surface area contributed by atoms with Crippen LogP contribution in [0.4, 0.5) is 5.69 Å². The van der Waals surface area contributed by atoms with E-state index in [2.05, 4.69) is 22.3 Å². The molecule has 3 aromatic carbocycles. The zero-order valence-electron chi connectivity index (χ0n) is 19.8. The number of hydrogen-bond acceptors (Lipinski definition) is 4. The van der Waals surface area contributed by atoms with Crippen LogP contribution in [0.1, 0.15) is 29.5 Å². The number of nitrogens with zero attached hydrogens (tertiary/aromatic N) is 2. The second-order valence-corrected chi connectivity index (χ2v) is 11.1. The number of nitrogens with one attached hydrogen (secondary N) is 1. The molecule has 1 N–H and O–H groups in total. The van der Waals surface area contributed by atoms with Crippen molar-refractivity contribution in [2.75, 3.05) is 23.9 Å². The van der Waals surface area contributed by atoms with Crippen LogP contribution in [0.2, 0.25) is 5.02 Å². The summed E-state index contributed by atoms with van der Waals surface area (Å²) in [5, 5.41) is 3.33. The molecule has 1 fully saturated rings. The van der Waals surface area contributed by atoms with Gasteiger partial charge in [0.15, 0.2) is 0 Å². The van der Waals surface area contributed by atoms with Crippen molar-refractivity contribution >= 4 is 33.2 Å². The molecule has 0 unspecified atom stereocenters. The zero-order valence-corrected chi connectivity index (χ0v) is 21.4. The minimum absolute atomic E-state index is 0.0765. The Balaban J connectivity index is 1.49. The van der Waals surface area contributed by atoms with Gasteiger partial charge in [0.1, 0.15) is 6.54 Å². The van der Waals surface area contributed by atoms with Crippen LogP contribution in [0.15, 0.2) is 77.7 Å². The predicted octanol–water partition coefficient (Wildman–Crippen LogP) is 4.76. The van der Waals surface area contributed by atoms with Crippen LogP contribution in [0, 0.1) is 6.92 Å². The average Bonchev–Trinajstić information content (AvgIpc) is 3.35. The van der Waals surface area contributed by atoms with Crippen LogP contribution in [0.5, 0.6) is 0 Å². The first-order valence-corrected chi connectivity index (χ1v) is 13.6. The molecule has 0 saturated carbocycles. The van der Waals surface area contributed by atoms with Crippen LogP contribution >= 0.6 is 11.6 Å². The highest BCUT2D eigenvalue weighted by atomic mass is 35.5. The standard InChI is InChI=1S/C27H30ClN3O3S/c1-21-7-2-3-10-26(21)31(35(33,34)25-13-11-24(28)12-14-25)20-27(32)29-18-22-8-6-9-23(17-22)19-30-15-4-5-16-30/h2-3,6-14,17H,4-5,15-16,18-20H2,1H3,(H,29,32). The summed E-state index contributed by atoms with van der Waals surface area (Å²) in [5.41, 5.74) is 3.42. The summed E-state index contributed by atoms with van der Waals surface area (Å²) < 4.78 is 28.2. The Bertz CT molecular complexity index is 1270. The van der Waals surface area contributed by atoms with Crippen molar-refractivity contribution in [1.29, 1.82) is 0 Å². The number of sulfonamides is 1. The number of anilines is 1. The molecule has 1 aliphatic rings. The summed E-state index contributed by atoms with van der Waals surface area (Å²) >= 11 is 5.95. The maximum Gasteiger partial charge on any atom is 0.264 e. The highest BCUT2D eigenvalue weighted by molar-refractivity contribution is 7.92. The second kappa shape index (κ2) is 11.2. The number of carbonyl (C=O) groups excluding carboxylic acids is 1. The van der Waals surface area contributed by atoms with Gasteiger partial charge >= 0.3 is 0 Å². The topological polar surface area (TPSA) is 69.7 Å². The highest BCUT2D eigenvalue weighted by Crippen LogP contribution is 2.27.